The highest BCUT2D eigenvalue weighted by Gasteiger charge is 2.31. The highest BCUT2D eigenvalue weighted by atomic mass is 32.2. The number of alkyl halides is 3. The van der Waals surface area contributed by atoms with Crippen molar-refractivity contribution in [1.82, 2.24) is 20.1 Å². The van der Waals surface area contributed by atoms with Gasteiger partial charge >= 0.3 is 5.51 Å². The number of anilines is 2. The van der Waals surface area contributed by atoms with E-state index in [1.165, 1.54) is 0 Å². The first-order chi connectivity index (χ1) is 12.2. The topological polar surface area (TPSA) is 115 Å². The van der Waals surface area contributed by atoms with E-state index in [0.717, 1.165) is 18.2 Å². The molecule has 1 aliphatic rings. The quantitative estimate of drug-likeness (QED) is 0.518. The van der Waals surface area contributed by atoms with Gasteiger partial charge in [0.2, 0.25) is 5.95 Å². The molecule has 2 aromatic rings. The average molecular weight is 408 g/mol. The van der Waals surface area contributed by atoms with Crippen LogP contribution in [-0.4, -0.2) is 41.8 Å². The fourth-order valence-corrected chi connectivity index (χ4v) is 4.15. The minimum Gasteiger partial charge on any atom is -0.398 e. The van der Waals surface area contributed by atoms with Gasteiger partial charge < -0.3 is 11.1 Å². The summed E-state index contributed by atoms with van der Waals surface area (Å²) in [6.45, 7) is 1.78. The van der Waals surface area contributed by atoms with Crippen LogP contribution < -0.4 is 15.8 Å². The lowest BCUT2D eigenvalue weighted by Crippen LogP contribution is -2.20. The number of aromatic nitrogens is 3. The van der Waals surface area contributed by atoms with Crippen LogP contribution in [0, 0.1) is 0 Å². The molecule has 0 amide bonds. The Labute approximate surface area is 151 Å². The van der Waals surface area contributed by atoms with Gasteiger partial charge in [0.15, 0.2) is 0 Å². The molecule has 1 aromatic heterocycles. The summed E-state index contributed by atoms with van der Waals surface area (Å²) >= 11 is -0.467. The van der Waals surface area contributed by atoms with Crippen LogP contribution in [0.15, 0.2) is 28.0 Å². The zero-order valence-corrected chi connectivity index (χ0v) is 14.9. The average Bonchev–Trinajstić information content (AvgIpc) is 2.76. The second-order valence-electron chi connectivity index (χ2n) is 5.44. The molecule has 8 nitrogen and oxygen atoms in total. The number of hydrogen-bond acceptors (Lipinski definition) is 7. The van der Waals surface area contributed by atoms with Gasteiger partial charge in [0.1, 0.15) is 5.82 Å². The molecule has 3 rings (SSSR count). The number of sulfonamides is 1. The van der Waals surface area contributed by atoms with Gasteiger partial charge in [0.25, 0.3) is 10.0 Å². The van der Waals surface area contributed by atoms with Crippen molar-refractivity contribution in [2.45, 2.75) is 28.3 Å². The van der Waals surface area contributed by atoms with E-state index in [2.05, 4.69) is 20.2 Å². The lowest BCUT2D eigenvalue weighted by Gasteiger charge is -2.12. The van der Waals surface area contributed by atoms with Crippen LogP contribution >= 0.6 is 11.8 Å². The Hall–Kier alpha value is -1.99. The third-order valence-electron chi connectivity index (χ3n) is 3.61. The number of rotatable bonds is 4. The van der Waals surface area contributed by atoms with Crippen LogP contribution in [0.25, 0.3) is 0 Å². The van der Waals surface area contributed by atoms with Gasteiger partial charge in [0.05, 0.1) is 4.90 Å². The summed E-state index contributed by atoms with van der Waals surface area (Å²) in [4.78, 5) is -0.729. The minimum absolute atomic E-state index is 0.0190. The van der Waals surface area contributed by atoms with Crippen LogP contribution in [-0.2, 0) is 23.0 Å². The summed E-state index contributed by atoms with van der Waals surface area (Å²) in [5.74, 6) is 0.642. The van der Waals surface area contributed by atoms with Gasteiger partial charge in [-0.15, -0.1) is 10.2 Å². The molecule has 0 saturated carbocycles. The van der Waals surface area contributed by atoms with E-state index < -0.39 is 27.3 Å². The van der Waals surface area contributed by atoms with Gasteiger partial charge in [-0.3, -0.25) is 4.57 Å². The van der Waals surface area contributed by atoms with Crippen LogP contribution in [0.1, 0.15) is 5.82 Å². The minimum atomic E-state index is -4.58. The number of nitrogens with one attached hydrogen (secondary N) is 2. The van der Waals surface area contributed by atoms with Crippen molar-refractivity contribution in [3.63, 3.8) is 0 Å². The maximum atomic E-state index is 12.6. The first kappa shape index (κ1) is 18.8. The SMILES string of the molecule is Nc1ccc(S(=O)(=O)Nc2nnc3n2CCNCC3)cc1SC(F)(F)F. The van der Waals surface area contributed by atoms with E-state index in [-0.39, 0.29) is 21.4 Å². The van der Waals surface area contributed by atoms with Crippen LogP contribution in [0.4, 0.5) is 24.8 Å². The summed E-state index contributed by atoms with van der Waals surface area (Å²) in [6, 6.07) is 3.15. The van der Waals surface area contributed by atoms with Gasteiger partial charge in [-0.2, -0.15) is 13.2 Å². The predicted octanol–water partition coefficient (Wildman–Crippen LogP) is 1.42. The molecule has 0 bridgehead atoms. The third-order valence-corrected chi connectivity index (χ3v) is 5.74. The standard InChI is InChI=1S/C13H15F3N6O2S2/c14-13(15,16)25-10-7-8(1-2-9(10)17)26(23,24)21-12-20-19-11-3-4-18-5-6-22(11)12/h1-2,7,18H,3-6,17H2,(H,20,21). The normalized spacial score (nSPS) is 15.3. The van der Waals surface area contributed by atoms with E-state index in [9.17, 15) is 21.6 Å². The molecule has 0 radical (unpaired) electrons. The zero-order chi connectivity index (χ0) is 18.9. The Bertz CT molecular complexity index is 913. The van der Waals surface area contributed by atoms with Crippen molar-refractivity contribution in [3.05, 3.63) is 24.0 Å². The van der Waals surface area contributed by atoms with Crippen LogP contribution in [0.2, 0.25) is 0 Å². The number of thioether (sulfide) groups is 1. The van der Waals surface area contributed by atoms with Gasteiger partial charge in [-0.05, 0) is 30.0 Å². The molecule has 1 aromatic carbocycles. The smallest absolute Gasteiger partial charge is 0.398 e. The van der Waals surface area contributed by atoms with Gasteiger partial charge in [-0.25, -0.2) is 13.1 Å². The van der Waals surface area contributed by atoms with Gasteiger partial charge in [-0.1, -0.05) is 0 Å². The molecule has 4 N–H and O–H groups in total. The Morgan fingerprint density at radius 3 is 2.77 bits per heavy atom. The lowest BCUT2D eigenvalue weighted by atomic mass is 10.3. The first-order valence-corrected chi connectivity index (χ1v) is 9.76. The van der Waals surface area contributed by atoms with Crippen LogP contribution in [0.5, 0.6) is 0 Å². The molecule has 142 valence electrons. The summed E-state index contributed by atoms with van der Waals surface area (Å²) in [5, 5.41) is 10.9. The Kier molecular flexibility index (Phi) is 5.03. The van der Waals surface area contributed by atoms with Crippen molar-refractivity contribution in [2.24, 2.45) is 0 Å². The number of halogens is 3. The van der Waals surface area contributed by atoms with E-state index in [1.807, 2.05) is 0 Å². The molecule has 0 atom stereocenters. The molecule has 2 heterocycles. The monoisotopic (exact) mass is 408 g/mol. The first-order valence-electron chi connectivity index (χ1n) is 7.46. The molecule has 0 aliphatic carbocycles. The molecule has 26 heavy (non-hydrogen) atoms. The number of fused-ring (bicyclic) bond motifs is 1. The fourth-order valence-electron chi connectivity index (χ4n) is 2.42. The number of nitrogens with two attached hydrogens (primary N) is 1. The van der Waals surface area contributed by atoms with E-state index in [0.29, 0.717) is 31.9 Å². The van der Waals surface area contributed by atoms with E-state index in [4.69, 9.17) is 5.73 Å². The number of hydrogen-bond donors (Lipinski definition) is 3. The summed E-state index contributed by atoms with van der Waals surface area (Å²) in [7, 11) is -4.15. The maximum Gasteiger partial charge on any atom is 0.446 e. The summed E-state index contributed by atoms with van der Waals surface area (Å²) < 4.78 is 66.8. The molecule has 0 fully saturated rings. The van der Waals surface area contributed by atoms with Crippen molar-refractivity contribution in [2.75, 3.05) is 23.5 Å². The van der Waals surface area contributed by atoms with Gasteiger partial charge in [0, 0.05) is 36.6 Å². The van der Waals surface area contributed by atoms with E-state index >= 15 is 0 Å². The largest absolute Gasteiger partial charge is 0.446 e. The molecular weight excluding hydrogens is 393 g/mol. The van der Waals surface area contributed by atoms with Crippen molar-refractivity contribution in [3.8, 4) is 0 Å². The van der Waals surface area contributed by atoms with E-state index in [1.54, 1.807) is 4.57 Å². The Balaban J connectivity index is 1.89. The molecule has 1 aliphatic heterocycles. The Morgan fingerprint density at radius 2 is 2.04 bits per heavy atom. The lowest BCUT2D eigenvalue weighted by molar-refractivity contribution is -0.0328. The number of benzene rings is 1. The molecule has 13 heteroatoms. The van der Waals surface area contributed by atoms with Crippen LogP contribution in [0.3, 0.4) is 0 Å². The Morgan fingerprint density at radius 1 is 1.27 bits per heavy atom. The number of nitrogen functional groups attached to an aromatic ring is 1. The predicted molar refractivity (Wildman–Crippen MR) is 90.2 cm³/mol. The molecular formula is C13H15F3N6O2S2. The molecule has 0 unspecified atom stereocenters. The number of nitrogens with zero attached hydrogens (tertiary/aromatic N) is 3. The van der Waals surface area contributed by atoms with Crippen molar-refractivity contribution >= 4 is 33.4 Å². The third kappa shape index (κ3) is 4.22. The second kappa shape index (κ2) is 6.96. The summed E-state index contributed by atoms with van der Waals surface area (Å²) in [5.41, 5.74) is 0.774. The van der Waals surface area contributed by atoms with Crippen molar-refractivity contribution in [1.29, 1.82) is 0 Å². The maximum absolute atomic E-state index is 12.6. The zero-order valence-electron chi connectivity index (χ0n) is 13.2. The highest BCUT2D eigenvalue weighted by molar-refractivity contribution is 8.00. The fraction of sp³-hybridized carbons (Fsp3) is 0.385. The molecule has 0 spiro atoms. The summed E-state index contributed by atoms with van der Waals surface area (Å²) in [6.07, 6.45) is 0.586. The highest BCUT2D eigenvalue weighted by Crippen LogP contribution is 2.40. The second-order valence-corrected chi connectivity index (χ2v) is 8.23. The molecule has 0 saturated heterocycles. The van der Waals surface area contributed by atoms with Crippen molar-refractivity contribution < 1.29 is 21.6 Å².